The highest BCUT2D eigenvalue weighted by molar-refractivity contribution is 14.0. The lowest BCUT2D eigenvalue weighted by molar-refractivity contribution is 0.682. The minimum absolute atomic E-state index is 0. The molecule has 1 unspecified atom stereocenters. The molecule has 0 fully saturated rings. The summed E-state index contributed by atoms with van der Waals surface area (Å²) in [7, 11) is -0.898. The fourth-order valence-electron chi connectivity index (χ4n) is 2.37. The van der Waals surface area contributed by atoms with Gasteiger partial charge < -0.3 is 10.6 Å². The number of hydrogen-bond acceptors (Lipinski definition) is 4. The molecule has 5 nitrogen and oxygen atoms in total. The van der Waals surface area contributed by atoms with E-state index in [-0.39, 0.29) is 24.0 Å². The summed E-state index contributed by atoms with van der Waals surface area (Å²) in [6, 6.07) is 9.94. The van der Waals surface area contributed by atoms with Crippen LogP contribution in [-0.4, -0.2) is 40.5 Å². The van der Waals surface area contributed by atoms with E-state index in [0.29, 0.717) is 18.1 Å². The third-order valence-electron chi connectivity index (χ3n) is 3.81. The average Bonchev–Trinajstić information content (AvgIpc) is 2.93. The van der Waals surface area contributed by atoms with Crippen molar-refractivity contribution in [3.05, 3.63) is 51.5 Å². The van der Waals surface area contributed by atoms with Gasteiger partial charge in [0.1, 0.15) is 0 Å². The number of aromatic nitrogens is 1. The second kappa shape index (κ2) is 13.2. The van der Waals surface area contributed by atoms with Gasteiger partial charge in [-0.3, -0.25) is 9.20 Å². The standard InChI is InChI=1S/C19H28N4OS2.HI/c1-4-20-19(21-11-10-18-23-15(2)16(3)25-18)22-12-13-26(24)14-17-8-6-5-7-9-17;/h5-9H,4,10-14H2,1-3H3,(H2,20,21,22);1H. The smallest absolute Gasteiger partial charge is 0.191 e. The van der Waals surface area contributed by atoms with E-state index in [2.05, 4.69) is 27.5 Å². The quantitative estimate of drug-likeness (QED) is 0.302. The van der Waals surface area contributed by atoms with Crippen LogP contribution in [0.5, 0.6) is 0 Å². The Morgan fingerprint density at radius 1 is 1.22 bits per heavy atom. The molecule has 0 amide bonds. The van der Waals surface area contributed by atoms with Gasteiger partial charge in [-0.15, -0.1) is 35.3 Å². The van der Waals surface area contributed by atoms with Crippen LogP contribution in [0, 0.1) is 13.8 Å². The Morgan fingerprint density at radius 3 is 2.59 bits per heavy atom. The molecule has 0 aliphatic heterocycles. The van der Waals surface area contributed by atoms with E-state index in [0.717, 1.165) is 41.7 Å². The number of aliphatic imine (C=N–C) groups is 1. The summed E-state index contributed by atoms with van der Waals surface area (Å²) >= 11 is 1.75. The van der Waals surface area contributed by atoms with Crippen molar-refractivity contribution in [3.8, 4) is 0 Å². The van der Waals surface area contributed by atoms with Crippen LogP contribution in [0.25, 0.3) is 0 Å². The monoisotopic (exact) mass is 520 g/mol. The van der Waals surface area contributed by atoms with Gasteiger partial charge in [0.25, 0.3) is 0 Å². The molecule has 0 radical (unpaired) electrons. The molecular weight excluding hydrogens is 491 g/mol. The maximum absolute atomic E-state index is 12.2. The summed E-state index contributed by atoms with van der Waals surface area (Å²) in [5.41, 5.74) is 2.22. The van der Waals surface area contributed by atoms with Crippen molar-refractivity contribution in [3.63, 3.8) is 0 Å². The molecule has 1 aromatic heterocycles. The molecule has 1 aromatic carbocycles. The van der Waals surface area contributed by atoms with Crippen LogP contribution in [0.4, 0.5) is 0 Å². The number of guanidine groups is 1. The number of rotatable bonds is 9. The molecule has 0 aliphatic carbocycles. The number of aryl methyl sites for hydroxylation is 2. The molecule has 8 heteroatoms. The Balaban J connectivity index is 0.00000364. The highest BCUT2D eigenvalue weighted by Crippen LogP contribution is 2.16. The zero-order valence-electron chi connectivity index (χ0n) is 16.2. The Bertz CT molecular complexity index is 715. The summed E-state index contributed by atoms with van der Waals surface area (Å²) in [5.74, 6) is 1.92. The second-order valence-electron chi connectivity index (χ2n) is 5.96. The number of hydrogen-bond donors (Lipinski definition) is 2. The molecule has 2 aromatic rings. The van der Waals surface area contributed by atoms with Gasteiger partial charge in [-0.05, 0) is 26.3 Å². The van der Waals surface area contributed by atoms with Crippen molar-refractivity contribution in [2.24, 2.45) is 4.99 Å². The average molecular weight is 521 g/mol. The number of halogens is 1. The molecule has 27 heavy (non-hydrogen) atoms. The van der Waals surface area contributed by atoms with E-state index in [1.807, 2.05) is 44.2 Å². The van der Waals surface area contributed by atoms with Gasteiger partial charge in [-0.25, -0.2) is 4.98 Å². The van der Waals surface area contributed by atoms with Crippen molar-refractivity contribution in [1.29, 1.82) is 0 Å². The lowest BCUT2D eigenvalue weighted by atomic mass is 10.2. The zero-order chi connectivity index (χ0) is 18.8. The first kappa shape index (κ1) is 24.0. The molecular formula is C19H29IN4OS2. The topological polar surface area (TPSA) is 66.4 Å². The molecule has 0 saturated heterocycles. The number of benzene rings is 1. The largest absolute Gasteiger partial charge is 0.357 e. The van der Waals surface area contributed by atoms with Gasteiger partial charge in [-0.2, -0.15) is 0 Å². The maximum Gasteiger partial charge on any atom is 0.191 e. The molecule has 0 spiro atoms. The first-order chi connectivity index (χ1) is 12.6. The SMILES string of the molecule is CCNC(=NCCS(=O)Cc1ccccc1)NCCc1nc(C)c(C)s1.I. The van der Waals surface area contributed by atoms with Gasteiger partial charge in [0.05, 0.1) is 17.2 Å². The van der Waals surface area contributed by atoms with Crippen LogP contribution < -0.4 is 10.6 Å². The minimum Gasteiger partial charge on any atom is -0.357 e. The highest BCUT2D eigenvalue weighted by Gasteiger charge is 2.05. The fraction of sp³-hybridized carbons (Fsp3) is 0.474. The van der Waals surface area contributed by atoms with Gasteiger partial charge in [0.15, 0.2) is 5.96 Å². The third-order valence-corrected chi connectivity index (χ3v) is 6.23. The Morgan fingerprint density at radius 2 is 1.96 bits per heavy atom. The van der Waals surface area contributed by atoms with Crippen LogP contribution >= 0.6 is 35.3 Å². The minimum atomic E-state index is -0.898. The zero-order valence-corrected chi connectivity index (χ0v) is 20.1. The summed E-state index contributed by atoms with van der Waals surface area (Å²) in [4.78, 5) is 10.4. The lowest BCUT2D eigenvalue weighted by Crippen LogP contribution is -2.38. The molecule has 1 atom stereocenters. The first-order valence-corrected chi connectivity index (χ1v) is 11.2. The van der Waals surface area contributed by atoms with Crippen molar-refractivity contribution in [2.75, 3.05) is 25.4 Å². The van der Waals surface area contributed by atoms with Crippen molar-refractivity contribution in [2.45, 2.75) is 32.9 Å². The summed E-state index contributed by atoms with van der Waals surface area (Å²) in [5, 5.41) is 7.71. The van der Waals surface area contributed by atoms with E-state index in [1.54, 1.807) is 11.3 Å². The van der Waals surface area contributed by atoms with Crippen LogP contribution in [0.2, 0.25) is 0 Å². The summed E-state index contributed by atoms with van der Waals surface area (Å²) in [6.07, 6.45) is 0.879. The molecule has 0 bridgehead atoms. The van der Waals surface area contributed by atoms with E-state index >= 15 is 0 Å². The Labute approximate surface area is 186 Å². The fourth-order valence-corrected chi connectivity index (χ4v) is 4.30. The van der Waals surface area contributed by atoms with Gasteiger partial charge in [-0.1, -0.05) is 30.3 Å². The van der Waals surface area contributed by atoms with Gasteiger partial charge >= 0.3 is 0 Å². The third kappa shape index (κ3) is 9.16. The van der Waals surface area contributed by atoms with E-state index in [4.69, 9.17) is 0 Å². The van der Waals surface area contributed by atoms with E-state index in [1.165, 1.54) is 4.88 Å². The number of thiazole rings is 1. The van der Waals surface area contributed by atoms with E-state index < -0.39 is 10.8 Å². The Hall–Kier alpha value is -1.00. The van der Waals surface area contributed by atoms with Gasteiger partial charge in [0, 0.05) is 46.7 Å². The molecule has 0 saturated carbocycles. The molecule has 2 rings (SSSR count). The summed E-state index contributed by atoms with van der Waals surface area (Å²) in [6.45, 7) is 8.32. The van der Waals surface area contributed by atoms with Crippen molar-refractivity contribution in [1.82, 2.24) is 15.6 Å². The van der Waals surface area contributed by atoms with Gasteiger partial charge in [0.2, 0.25) is 0 Å². The molecule has 1 heterocycles. The summed E-state index contributed by atoms with van der Waals surface area (Å²) < 4.78 is 12.2. The maximum atomic E-state index is 12.2. The normalized spacial score (nSPS) is 12.3. The highest BCUT2D eigenvalue weighted by atomic mass is 127. The predicted octanol–water partition coefficient (Wildman–Crippen LogP) is 3.42. The molecule has 2 N–H and O–H groups in total. The lowest BCUT2D eigenvalue weighted by Gasteiger charge is -2.10. The van der Waals surface area contributed by atoms with Crippen molar-refractivity contribution < 1.29 is 4.21 Å². The second-order valence-corrected chi connectivity index (χ2v) is 8.82. The van der Waals surface area contributed by atoms with Crippen LogP contribution in [0.15, 0.2) is 35.3 Å². The van der Waals surface area contributed by atoms with E-state index in [9.17, 15) is 4.21 Å². The van der Waals surface area contributed by atoms with Crippen LogP contribution in [-0.2, 0) is 23.0 Å². The number of nitrogens with one attached hydrogen (secondary N) is 2. The number of nitrogens with zero attached hydrogens (tertiary/aromatic N) is 2. The molecule has 150 valence electrons. The van der Waals surface area contributed by atoms with Crippen molar-refractivity contribution >= 4 is 52.1 Å². The van der Waals surface area contributed by atoms with Crippen LogP contribution in [0.1, 0.15) is 28.1 Å². The van der Waals surface area contributed by atoms with Crippen LogP contribution in [0.3, 0.4) is 0 Å². The first-order valence-electron chi connectivity index (χ1n) is 8.92. The Kier molecular flexibility index (Phi) is 11.8. The predicted molar refractivity (Wildman–Crippen MR) is 128 cm³/mol. The molecule has 0 aliphatic rings.